The first-order valence-corrected chi connectivity index (χ1v) is 10.4. The van der Waals surface area contributed by atoms with E-state index >= 15 is 0 Å². The van der Waals surface area contributed by atoms with E-state index in [0.29, 0.717) is 42.2 Å². The number of benzene rings is 1. The molecule has 0 spiro atoms. The van der Waals surface area contributed by atoms with E-state index in [1.807, 2.05) is 23.1 Å². The molecule has 1 unspecified atom stereocenters. The second-order valence-corrected chi connectivity index (χ2v) is 7.74. The number of amides is 2. The lowest BCUT2D eigenvalue weighted by atomic mass is 10.0. The Bertz CT molecular complexity index is 896. The van der Waals surface area contributed by atoms with Gasteiger partial charge >= 0.3 is 6.03 Å². The van der Waals surface area contributed by atoms with Crippen LogP contribution in [0.3, 0.4) is 0 Å². The van der Waals surface area contributed by atoms with Gasteiger partial charge in [-0.25, -0.2) is 9.78 Å². The summed E-state index contributed by atoms with van der Waals surface area (Å²) < 4.78 is 11.3. The molecule has 2 aromatic rings. The van der Waals surface area contributed by atoms with Crippen molar-refractivity contribution in [1.82, 2.24) is 15.2 Å². The van der Waals surface area contributed by atoms with Crippen molar-refractivity contribution in [2.24, 2.45) is 0 Å². The molecule has 0 radical (unpaired) electrons. The van der Waals surface area contributed by atoms with Crippen LogP contribution in [-0.2, 0) is 0 Å². The molecule has 154 valence electrons. The molecule has 7 nitrogen and oxygen atoms in total. The van der Waals surface area contributed by atoms with Gasteiger partial charge < -0.3 is 25.0 Å². The maximum Gasteiger partial charge on any atom is 0.317 e. The van der Waals surface area contributed by atoms with Crippen LogP contribution in [0.15, 0.2) is 30.5 Å². The molecule has 0 saturated carbocycles. The van der Waals surface area contributed by atoms with Crippen molar-refractivity contribution in [3.8, 4) is 11.5 Å². The minimum Gasteiger partial charge on any atom is -0.486 e. The number of nitrogens with zero attached hydrogens (tertiary/aromatic N) is 2. The van der Waals surface area contributed by atoms with Gasteiger partial charge in [-0.2, -0.15) is 0 Å². The Morgan fingerprint density at radius 1 is 1.17 bits per heavy atom. The molecule has 1 aromatic heterocycles. The zero-order valence-corrected chi connectivity index (χ0v) is 17.3. The van der Waals surface area contributed by atoms with Gasteiger partial charge in [0.25, 0.3) is 0 Å². The number of carbonyl (C=O) groups is 1. The van der Waals surface area contributed by atoms with Crippen molar-refractivity contribution in [1.29, 1.82) is 0 Å². The van der Waals surface area contributed by atoms with Gasteiger partial charge in [0.05, 0.1) is 16.1 Å². The van der Waals surface area contributed by atoms with Crippen LogP contribution in [0.25, 0.3) is 0 Å². The predicted octanol–water partition coefficient (Wildman–Crippen LogP) is 4.12. The molecule has 1 saturated heterocycles. The lowest BCUT2D eigenvalue weighted by molar-refractivity contribution is 0.170. The van der Waals surface area contributed by atoms with E-state index in [4.69, 9.17) is 32.7 Å². The molecular formula is C20H22Cl2N4O3. The molecule has 2 aliphatic heterocycles. The second-order valence-electron chi connectivity index (χ2n) is 6.90. The van der Waals surface area contributed by atoms with Gasteiger partial charge in [0.15, 0.2) is 11.5 Å². The zero-order chi connectivity index (χ0) is 20.2. The largest absolute Gasteiger partial charge is 0.486 e. The number of ether oxygens (including phenoxy) is 2. The summed E-state index contributed by atoms with van der Waals surface area (Å²) in [6.45, 7) is 2.79. The number of aromatic nitrogens is 1. The monoisotopic (exact) mass is 436 g/mol. The number of halogens is 2. The molecular weight excluding hydrogens is 415 g/mol. The summed E-state index contributed by atoms with van der Waals surface area (Å²) in [4.78, 5) is 18.7. The maximum atomic E-state index is 12.7. The van der Waals surface area contributed by atoms with E-state index < -0.39 is 0 Å². The lowest BCUT2D eigenvalue weighted by Gasteiger charge is -2.27. The van der Waals surface area contributed by atoms with E-state index in [0.717, 1.165) is 36.4 Å². The number of carbonyl (C=O) groups excluding carboxylic acids is 1. The highest BCUT2D eigenvalue weighted by Crippen LogP contribution is 2.38. The van der Waals surface area contributed by atoms with Crippen LogP contribution < -0.4 is 20.1 Å². The fourth-order valence-corrected chi connectivity index (χ4v) is 4.07. The smallest absolute Gasteiger partial charge is 0.317 e. The van der Waals surface area contributed by atoms with Crippen LogP contribution in [0.2, 0.25) is 10.0 Å². The van der Waals surface area contributed by atoms with E-state index in [-0.39, 0.29) is 12.1 Å². The van der Waals surface area contributed by atoms with Crippen LogP contribution >= 0.6 is 23.2 Å². The van der Waals surface area contributed by atoms with Crippen molar-refractivity contribution < 1.29 is 14.3 Å². The quantitative estimate of drug-likeness (QED) is 0.689. The van der Waals surface area contributed by atoms with Crippen molar-refractivity contribution in [2.45, 2.75) is 18.9 Å². The maximum absolute atomic E-state index is 12.7. The number of likely N-dealkylation sites (tertiary alicyclic amines) is 1. The van der Waals surface area contributed by atoms with Gasteiger partial charge in [-0.15, -0.1) is 0 Å². The van der Waals surface area contributed by atoms with Crippen molar-refractivity contribution >= 4 is 35.1 Å². The van der Waals surface area contributed by atoms with E-state index in [1.165, 1.54) is 6.20 Å². The highest BCUT2D eigenvalue weighted by molar-refractivity contribution is 6.35. The minimum atomic E-state index is -0.0839. The molecule has 0 aliphatic carbocycles. The van der Waals surface area contributed by atoms with E-state index in [1.54, 1.807) is 6.07 Å². The molecule has 4 rings (SSSR count). The van der Waals surface area contributed by atoms with Gasteiger partial charge in [-0.05, 0) is 36.6 Å². The van der Waals surface area contributed by atoms with Crippen LogP contribution in [-0.4, -0.2) is 48.8 Å². The third-order valence-electron chi connectivity index (χ3n) is 4.97. The van der Waals surface area contributed by atoms with Crippen LogP contribution in [0.1, 0.15) is 24.4 Å². The summed E-state index contributed by atoms with van der Waals surface area (Å²) in [5, 5.41) is 6.98. The normalized spacial score (nSPS) is 17.9. The number of nitrogens with one attached hydrogen (secondary N) is 2. The average molecular weight is 437 g/mol. The first-order chi connectivity index (χ1) is 14.1. The Morgan fingerprint density at radius 3 is 2.83 bits per heavy atom. The number of pyridine rings is 1. The number of urea groups is 1. The third-order valence-corrected chi connectivity index (χ3v) is 5.46. The molecule has 9 heteroatoms. The molecule has 2 amide bonds. The zero-order valence-electron chi connectivity index (χ0n) is 15.8. The van der Waals surface area contributed by atoms with Gasteiger partial charge in [-0.3, -0.25) is 0 Å². The Balaban J connectivity index is 1.32. The summed E-state index contributed by atoms with van der Waals surface area (Å²) >= 11 is 11.9. The molecule has 0 bridgehead atoms. The highest BCUT2D eigenvalue weighted by Gasteiger charge is 2.30. The number of hydrogen-bond donors (Lipinski definition) is 2. The second kappa shape index (κ2) is 8.97. The number of rotatable bonds is 5. The lowest BCUT2D eigenvalue weighted by Crippen LogP contribution is -2.41. The summed E-state index contributed by atoms with van der Waals surface area (Å²) in [7, 11) is 0. The number of fused-ring (bicyclic) bond motifs is 1. The van der Waals surface area contributed by atoms with Crippen LogP contribution in [0.5, 0.6) is 11.5 Å². The molecule has 1 aromatic carbocycles. The Kier molecular flexibility index (Phi) is 6.16. The first-order valence-electron chi connectivity index (χ1n) is 9.61. The average Bonchev–Trinajstić information content (AvgIpc) is 3.22. The molecule has 2 aliphatic rings. The summed E-state index contributed by atoms with van der Waals surface area (Å²) in [5.74, 6) is 2.05. The fourth-order valence-electron chi connectivity index (χ4n) is 3.62. The van der Waals surface area contributed by atoms with Crippen LogP contribution in [0.4, 0.5) is 10.6 Å². The molecule has 3 heterocycles. The highest BCUT2D eigenvalue weighted by atomic mass is 35.5. The Morgan fingerprint density at radius 2 is 2.00 bits per heavy atom. The van der Waals surface area contributed by atoms with Crippen molar-refractivity contribution in [3.05, 3.63) is 46.1 Å². The summed E-state index contributed by atoms with van der Waals surface area (Å²) in [5.41, 5.74) is 1.07. The summed E-state index contributed by atoms with van der Waals surface area (Å²) in [6, 6.07) is 7.50. The van der Waals surface area contributed by atoms with E-state index in [2.05, 4.69) is 15.6 Å². The van der Waals surface area contributed by atoms with Gasteiger partial charge in [0.1, 0.15) is 19.0 Å². The van der Waals surface area contributed by atoms with Crippen molar-refractivity contribution in [3.63, 3.8) is 0 Å². The van der Waals surface area contributed by atoms with Gasteiger partial charge in [0, 0.05) is 25.8 Å². The summed E-state index contributed by atoms with van der Waals surface area (Å²) in [6.07, 6.45) is 3.42. The fraction of sp³-hybridized carbons (Fsp3) is 0.400. The SMILES string of the molecule is O=C(NCCNc1ncc(Cl)cc1Cl)N1CCCC1c1ccc2c(c1)OCCO2. The van der Waals surface area contributed by atoms with E-state index in [9.17, 15) is 4.79 Å². The van der Waals surface area contributed by atoms with Gasteiger partial charge in [0.2, 0.25) is 0 Å². The topological polar surface area (TPSA) is 75.7 Å². The Labute approximate surface area is 179 Å². The number of anilines is 1. The predicted molar refractivity (Wildman–Crippen MR) is 112 cm³/mol. The number of hydrogen-bond acceptors (Lipinski definition) is 5. The van der Waals surface area contributed by atoms with Gasteiger partial charge in [-0.1, -0.05) is 29.3 Å². The van der Waals surface area contributed by atoms with Crippen LogP contribution in [0, 0.1) is 0 Å². The minimum absolute atomic E-state index is 0.0335. The Hall–Kier alpha value is -2.38. The molecule has 1 fully saturated rings. The molecule has 29 heavy (non-hydrogen) atoms. The molecule has 1 atom stereocenters. The first kappa shape index (κ1) is 19.9. The molecule has 2 N–H and O–H groups in total. The van der Waals surface area contributed by atoms with Crippen molar-refractivity contribution in [2.75, 3.05) is 38.2 Å². The standard InChI is InChI=1S/C20H22Cl2N4O3/c21-14-11-15(22)19(25-12-14)23-5-6-24-20(27)26-7-1-2-16(26)13-3-4-17-18(10-13)29-9-8-28-17/h3-4,10-12,16H,1-2,5-9H2,(H,23,25)(H,24,27). The third kappa shape index (κ3) is 4.62.